The van der Waals surface area contributed by atoms with E-state index < -0.39 is 0 Å². The Morgan fingerprint density at radius 1 is 1.05 bits per heavy atom. The second-order valence-electron chi connectivity index (χ2n) is 4.94. The molecule has 1 rings (SSSR count). The molecular weight excluding hydrogens is 282 g/mol. The molecule has 0 saturated carbocycles. The highest BCUT2D eigenvalue weighted by Gasteiger charge is 2.13. The van der Waals surface area contributed by atoms with Crippen LogP contribution in [0.15, 0.2) is 24.3 Å². The van der Waals surface area contributed by atoms with Crippen molar-refractivity contribution in [1.82, 2.24) is 4.90 Å². The van der Waals surface area contributed by atoms with Crippen LogP contribution in [-0.4, -0.2) is 57.9 Å². The SMILES string of the molecule is CCOc1ccc(CCC(=O)N(CCOC)CCOC)cc1. The highest BCUT2D eigenvalue weighted by molar-refractivity contribution is 5.76. The van der Waals surface area contributed by atoms with Gasteiger partial charge in [0.2, 0.25) is 5.91 Å². The number of nitrogens with zero attached hydrogens (tertiary/aromatic N) is 1. The van der Waals surface area contributed by atoms with E-state index in [-0.39, 0.29) is 5.91 Å². The third-order valence-electron chi connectivity index (χ3n) is 3.35. The number of benzene rings is 1. The first-order valence-electron chi connectivity index (χ1n) is 7.68. The number of carbonyl (C=O) groups excluding carboxylic acids is 1. The maximum Gasteiger partial charge on any atom is 0.223 e. The first kappa shape index (κ1) is 18.5. The fourth-order valence-corrected chi connectivity index (χ4v) is 2.09. The molecule has 0 radical (unpaired) electrons. The van der Waals surface area contributed by atoms with E-state index in [4.69, 9.17) is 14.2 Å². The summed E-state index contributed by atoms with van der Waals surface area (Å²) in [6.45, 7) is 4.90. The molecule has 0 aliphatic rings. The number of amides is 1. The van der Waals surface area contributed by atoms with Crippen molar-refractivity contribution in [2.75, 3.05) is 47.1 Å². The minimum absolute atomic E-state index is 0.128. The van der Waals surface area contributed by atoms with Crippen LogP contribution in [0.3, 0.4) is 0 Å². The number of aryl methyl sites for hydroxylation is 1. The number of hydrogen-bond acceptors (Lipinski definition) is 4. The molecule has 0 N–H and O–H groups in total. The van der Waals surface area contributed by atoms with Crippen LogP contribution in [0.25, 0.3) is 0 Å². The largest absolute Gasteiger partial charge is 0.494 e. The Kier molecular flexibility index (Phi) is 9.26. The van der Waals surface area contributed by atoms with Gasteiger partial charge in [0.15, 0.2) is 0 Å². The molecule has 5 nitrogen and oxygen atoms in total. The predicted octanol–water partition coefficient (Wildman–Crippen LogP) is 2.14. The van der Waals surface area contributed by atoms with Crippen molar-refractivity contribution in [3.8, 4) is 5.75 Å². The molecule has 0 aliphatic heterocycles. The van der Waals surface area contributed by atoms with Crippen molar-refractivity contribution in [2.45, 2.75) is 19.8 Å². The van der Waals surface area contributed by atoms with E-state index in [1.165, 1.54) is 0 Å². The van der Waals surface area contributed by atoms with Gasteiger partial charge in [0.1, 0.15) is 5.75 Å². The van der Waals surface area contributed by atoms with Crippen molar-refractivity contribution in [1.29, 1.82) is 0 Å². The van der Waals surface area contributed by atoms with Crippen LogP contribution >= 0.6 is 0 Å². The zero-order valence-corrected chi connectivity index (χ0v) is 13.8. The van der Waals surface area contributed by atoms with Gasteiger partial charge in [-0.25, -0.2) is 0 Å². The molecule has 22 heavy (non-hydrogen) atoms. The molecule has 0 unspecified atom stereocenters. The van der Waals surface area contributed by atoms with E-state index in [1.54, 1.807) is 19.1 Å². The molecule has 0 aliphatic carbocycles. The fourth-order valence-electron chi connectivity index (χ4n) is 2.09. The summed E-state index contributed by atoms with van der Waals surface area (Å²) in [6, 6.07) is 7.90. The topological polar surface area (TPSA) is 48.0 Å². The van der Waals surface area contributed by atoms with Crippen LogP contribution in [0.4, 0.5) is 0 Å². The third-order valence-corrected chi connectivity index (χ3v) is 3.35. The summed E-state index contributed by atoms with van der Waals surface area (Å²) in [4.78, 5) is 14.1. The van der Waals surface area contributed by atoms with Crippen LogP contribution in [-0.2, 0) is 20.7 Å². The Balaban J connectivity index is 2.46. The third kappa shape index (κ3) is 6.91. The fraction of sp³-hybridized carbons (Fsp3) is 0.588. The molecular formula is C17H27NO4. The quantitative estimate of drug-likeness (QED) is 0.628. The number of rotatable bonds is 11. The maximum absolute atomic E-state index is 12.3. The standard InChI is InChI=1S/C17H27NO4/c1-4-22-16-8-5-15(6-9-16)7-10-17(19)18(11-13-20-2)12-14-21-3/h5-6,8-9H,4,7,10-14H2,1-3H3. The Labute approximate surface area is 133 Å². The van der Waals surface area contributed by atoms with Crippen LogP contribution in [0.5, 0.6) is 5.75 Å². The number of hydrogen-bond donors (Lipinski definition) is 0. The van der Waals surface area contributed by atoms with Gasteiger partial charge in [0.05, 0.1) is 19.8 Å². The van der Waals surface area contributed by atoms with E-state index in [9.17, 15) is 4.79 Å². The van der Waals surface area contributed by atoms with E-state index in [1.807, 2.05) is 31.2 Å². The van der Waals surface area contributed by atoms with Crippen molar-refractivity contribution in [3.05, 3.63) is 29.8 Å². The highest BCUT2D eigenvalue weighted by atomic mass is 16.5. The Bertz CT molecular complexity index is 411. The first-order chi connectivity index (χ1) is 10.7. The lowest BCUT2D eigenvalue weighted by atomic mass is 10.1. The lowest BCUT2D eigenvalue weighted by Gasteiger charge is -2.22. The predicted molar refractivity (Wildman–Crippen MR) is 86.3 cm³/mol. The van der Waals surface area contributed by atoms with Gasteiger partial charge in [-0.3, -0.25) is 4.79 Å². The van der Waals surface area contributed by atoms with Crippen LogP contribution in [0.1, 0.15) is 18.9 Å². The van der Waals surface area contributed by atoms with Crippen molar-refractivity contribution in [2.24, 2.45) is 0 Å². The lowest BCUT2D eigenvalue weighted by Crippen LogP contribution is -2.36. The number of methoxy groups -OCH3 is 2. The Morgan fingerprint density at radius 3 is 2.14 bits per heavy atom. The van der Waals surface area contributed by atoms with Crippen molar-refractivity contribution in [3.63, 3.8) is 0 Å². The number of ether oxygens (including phenoxy) is 3. The minimum atomic E-state index is 0.128. The molecule has 0 saturated heterocycles. The van der Waals surface area contributed by atoms with Gasteiger partial charge in [0, 0.05) is 33.7 Å². The molecule has 5 heteroatoms. The van der Waals surface area contributed by atoms with Crippen LogP contribution < -0.4 is 4.74 Å². The van der Waals surface area contributed by atoms with Gasteiger partial charge >= 0.3 is 0 Å². The van der Waals surface area contributed by atoms with Gasteiger partial charge in [0.25, 0.3) is 0 Å². The second kappa shape index (κ2) is 11.0. The molecule has 0 aromatic heterocycles. The van der Waals surface area contributed by atoms with Crippen LogP contribution in [0.2, 0.25) is 0 Å². The summed E-state index contributed by atoms with van der Waals surface area (Å²) < 4.78 is 15.5. The average molecular weight is 309 g/mol. The molecule has 0 bridgehead atoms. The van der Waals surface area contributed by atoms with Gasteiger partial charge in [-0.1, -0.05) is 12.1 Å². The average Bonchev–Trinajstić information content (AvgIpc) is 2.54. The van der Waals surface area contributed by atoms with Gasteiger partial charge < -0.3 is 19.1 Å². The van der Waals surface area contributed by atoms with Gasteiger partial charge in [-0.05, 0) is 31.0 Å². The van der Waals surface area contributed by atoms with E-state index >= 15 is 0 Å². The van der Waals surface area contributed by atoms with E-state index in [0.717, 1.165) is 17.7 Å². The summed E-state index contributed by atoms with van der Waals surface area (Å²) >= 11 is 0. The smallest absolute Gasteiger partial charge is 0.223 e. The summed E-state index contributed by atoms with van der Waals surface area (Å²) in [6.07, 6.45) is 1.21. The zero-order chi connectivity index (χ0) is 16.2. The van der Waals surface area contributed by atoms with E-state index in [2.05, 4.69) is 0 Å². The zero-order valence-electron chi connectivity index (χ0n) is 13.8. The maximum atomic E-state index is 12.3. The Morgan fingerprint density at radius 2 is 1.64 bits per heavy atom. The molecule has 1 aromatic rings. The summed E-state index contributed by atoms with van der Waals surface area (Å²) in [5.41, 5.74) is 1.13. The highest BCUT2D eigenvalue weighted by Crippen LogP contribution is 2.13. The summed E-state index contributed by atoms with van der Waals surface area (Å²) in [5.74, 6) is 0.988. The molecule has 0 atom stereocenters. The minimum Gasteiger partial charge on any atom is -0.494 e. The lowest BCUT2D eigenvalue weighted by molar-refractivity contribution is -0.132. The normalized spacial score (nSPS) is 10.5. The van der Waals surface area contributed by atoms with Gasteiger partial charge in [-0.15, -0.1) is 0 Å². The van der Waals surface area contributed by atoms with E-state index in [0.29, 0.717) is 39.3 Å². The molecule has 0 heterocycles. The molecule has 0 spiro atoms. The second-order valence-corrected chi connectivity index (χ2v) is 4.94. The molecule has 0 fully saturated rings. The van der Waals surface area contributed by atoms with Gasteiger partial charge in [-0.2, -0.15) is 0 Å². The monoisotopic (exact) mass is 309 g/mol. The summed E-state index contributed by atoms with van der Waals surface area (Å²) in [5, 5.41) is 0. The molecule has 124 valence electrons. The van der Waals surface area contributed by atoms with Crippen molar-refractivity contribution >= 4 is 5.91 Å². The summed E-state index contributed by atoms with van der Waals surface area (Å²) in [7, 11) is 3.28. The molecule has 1 amide bonds. The van der Waals surface area contributed by atoms with Crippen molar-refractivity contribution < 1.29 is 19.0 Å². The molecule has 1 aromatic carbocycles. The first-order valence-corrected chi connectivity index (χ1v) is 7.68. The number of carbonyl (C=O) groups is 1. The van der Waals surface area contributed by atoms with Crippen LogP contribution in [0, 0.1) is 0 Å². The Hall–Kier alpha value is -1.59.